The first kappa shape index (κ1) is 17.2. The molecule has 1 aliphatic heterocycles. The van der Waals surface area contributed by atoms with Gasteiger partial charge < -0.3 is 9.42 Å². The van der Waals surface area contributed by atoms with Crippen molar-refractivity contribution in [1.29, 1.82) is 0 Å². The molecule has 1 unspecified atom stereocenters. The lowest BCUT2D eigenvalue weighted by atomic mass is 10.00. The van der Waals surface area contributed by atoms with E-state index in [9.17, 15) is 31.1 Å². The van der Waals surface area contributed by atoms with Crippen LogP contribution >= 0.6 is 0 Å². The van der Waals surface area contributed by atoms with Gasteiger partial charge in [0.05, 0.1) is 6.42 Å². The lowest BCUT2D eigenvalue weighted by Crippen LogP contribution is -2.58. The van der Waals surface area contributed by atoms with Gasteiger partial charge in [0.2, 0.25) is 11.7 Å². The minimum Gasteiger partial charge on any atom is -0.329 e. The van der Waals surface area contributed by atoms with Gasteiger partial charge in [-0.1, -0.05) is 29.4 Å². The number of β-lactam (4-membered cyclic amide) rings is 1. The first-order valence-corrected chi connectivity index (χ1v) is 6.92. The molecule has 1 saturated heterocycles. The predicted molar refractivity (Wildman–Crippen MR) is 69.7 cm³/mol. The number of carbonyl (C=O) groups is 1. The number of aromatic nitrogens is 2. The molecule has 11 heteroatoms. The predicted octanol–water partition coefficient (Wildman–Crippen LogP) is 3.42. The molecule has 0 aliphatic carbocycles. The van der Waals surface area contributed by atoms with Gasteiger partial charge in [0, 0.05) is 12.1 Å². The SMILES string of the molecule is O=C1CC(C(F)(F)F)N1Cc1ccc(-c2noc(C(F)(F)F)n2)cc1. The molecule has 3 rings (SSSR count). The molecule has 1 fully saturated rings. The Hall–Kier alpha value is -2.59. The number of halogens is 6. The lowest BCUT2D eigenvalue weighted by Gasteiger charge is -2.41. The number of nitrogens with zero attached hydrogens (tertiary/aromatic N) is 3. The van der Waals surface area contributed by atoms with Crippen LogP contribution in [0.3, 0.4) is 0 Å². The minimum absolute atomic E-state index is 0.199. The zero-order valence-corrected chi connectivity index (χ0v) is 12.2. The van der Waals surface area contributed by atoms with Crippen LogP contribution in [0.25, 0.3) is 11.4 Å². The van der Waals surface area contributed by atoms with Gasteiger partial charge in [-0.3, -0.25) is 4.79 Å². The van der Waals surface area contributed by atoms with Crippen LogP contribution in [0, 0.1) is 0 Å². The normalized spacial score (nSPS) is 18.4. The van der Waals surface area contributed by atoms with Crippen LogP contribution in [0.2, 0.25) is 0 Å². The Balaban J connectivity index is 1.73. The Morgan fingerprint density at radius 2 is 1.76 bits per heavy atom. The highest BCUT2D eigenvalue weighted by atomic mass is 19.4. The number of rotatable bonds is 3. The molecule has 0 radical (unpaired) electrons. The summed E-state index contributed by atoms with van der Waals surface area (Å²) in [5.74, 6) is -2.41. The summed E-state index contributed by atoms with van der Waals surface area (Å²) in [5, 5.41) is 3.21. The molecular formula is C14H9F6N3O2. The monoisotopic (exact) mass is 365 g/mol. The van der Waals surface area contributed by atoms with Gasteiger partial charge in [-0.2, -0.15) is 31.3 Å². The highest BCUT2D eigenvalue weighted by molar-refractivity contribution is 5.83. The molecule has 134 valence electrons. The van der Waals surface area contributed by atoms with Crippen molar-refractivity contribution in [2.45, 2.75) is 31.4 Å². The number of amides is 1. The van der Waals surface area contributed by atoms with Gasteiger partial charge in [0.15, 0.2) is 0 Å². The average Bonchev–Trinajstić information content (AvgIpc) is 3.00. The van der Waals surface area contributed by atoms with Crippen molar-refractivity contribution < 1.29 is 35.7 Å². The number of benzene rings is 1. The fourth-order valence-corrected chi connectivity index (χ4v) is 2.36. The lowest BCUT2D eigenvalue weighted by molar-refractivity contribution is -0.215. The molecule has 0 saturated carbocycles. The van der Waals surface area contributed by atoms with Crippen molar-refractivity contribution >= 4 is 5.91 Å². The number of hydrogen-bond donors (Lipinski definition) is 0. The van der Waals surface area contributed by atoms with Gasteiger partial charge in [0.1, 0.15) is 6.04 Å². The molecule has 5 nitrogen and oxygen atoms in total. The number of alkyl halides is 6. The molecule has 1 aromatic heterocycles. The maximum Gasteiger partial charge on any atom is 0.471 e. The van der Waals surface area contributed by atoms with Crippen molar-refractivity contribution in [1.82, 2.24) is 15.0 Å². The smallest absolute Gasteiger partial charge is 0.329 e. The highest BCUT2D eigenvalue weighted by Gasteiger charge is 2.53. The molecule has 2 heterocycles. The first-order chi connectivity index (χ1) is 11.6. The molecule has 0 bridgehead atoms. The third kappa shape index (κ3) is 3.44. The van der Waals surface area contributed by atoms with E-state index in [1.807, 2.05) is 0 Å². The van der Waals surface area contributed by atoms with E-state index >= 15 is 0 Å². The van der Waals surface area contributed by atoms with E-state index in [1.54, 1.807) is 0 Å². The zero-order valence-electron chi connectivity index (χ0n) is 12.2. The van der Waals surface area contributed by atoms with E-state index in [0.717, 1.165) is 0 Å². The van der Waals surface area contributed by atoms with Crippen molar-refractivity contribution in [3.05, 3.63) is 35.7 Å². The average molecular weight is 365 g/mol. The Bertz CT molecular complexity index is 781. The molecule has 1 amide bonds. The molecule has 2 aromatic rings. The summed E-state index contributed by atoms with van der Waals surface area (Å²) >= 11 is 0. The molecule has 25 heavy (non-hydrogen) atoms. The number of hydrogen-bond acceptors (Lipinski definition) is 4. The molecule has 1 atom stereocenters. The maximum absolute atomic E-state index is 12.7. The van der Waals surface area contributed by atoms with E-state index in [4.69, 9.17) is 0 Å². The standard InChI is InChI=1S/C14H9F6N3O2/c15-13(16,17)9-5-10(24)23(9)6-7-1-3-8(4-2-7)11-21-12(25-22-11)14(18,19)20/h1-4,9H,5-6H2. The van der Waals surface area contributed by atoms with E-state index in [-0.39, 0.29) is 17.9 Å². The Morgan fingerprint density at radius 3 is 2.24 bits per heavy atom. The second-order valence-corrected chi connectivity index (χ2v) is 5.40. The molecular weight excluding hydrogens is 356 g/mol. The van der Waals surface area contributed by atoms with E-state index in [0.29, 0.717) is 10.5 Å². The first-order valence-electron chi connectivity index (χ1n) is 6.92. The largest absolute Gasteiger partial charge is 0.471 e. The summed E-state index contributed by atoms with van der Waals surface area (Å²) < 4.78 is 79.4. The van der Waals surface area contributed by atoms with Crippen LogP contribution in [0.1, 0.15) is 17.9 Å². The van der Waals surface area contributed by atoms with Crippen molar-refractivity contribution in [3.63, 3.8) is 0 Å². The van der Waals surface area contributed by atoms with Crippen LogP contribution in [0.4, 0.5) is 26.3 Å². The van der Waals surface area contributed by atoms with E-state index in [1.165, 1.54) is 24.3 Å². The summed E-state index contributed by atoms with van der Waals surface area (Å²) in [6.45, 7) is -0.247. The Kier molecular flexibility index (Phi) is 3.96. The highest BCUT2D eigenvalue weighted by Crippen LogP contribution is 2.35. The van der Waals surface area contributed by atoms with E-state index < -0.39 is 36.6 Å². The second kappa shape index (κ2) is 5.74. The summed E-state index contributed by atoms with van der Waals surface area (Å²) in [6.07, 6.45) is -9.84. The molecule has 1 aromatic carbocycles. The quantitative estimate of drug-likeness (QED) is 0.618. The van der Waals surface area contributed by atoms with Gasteiger partial charge in [-0.25, -0.2) is 0 Å². The fraction of sp³-hybridized carbons (Fsp3) is 0.357. The van der Waals surface area contributed by atoms with Gasteiger partial charge in [-0.05, 0) is 5.56 Å². The van der Waals surface area contributed by atoms with Gasteiger partial charge in [0.25, 0.3) is 0 Å². The fourth-order valence-electron chi connectivity index (χ4n) is 2.36. The number of carbonyl (C=O) groups excluding carboxylic acids is 1. The molecule has 1 aliphatic rings. The summed E-state index contributed by atoms with van der Waals surface area (Å²) in [6, 6.07) is 3.64. The summed E-state index contributed by atoms with van der Waals surface area (Å²) in [7, 11) is 0. The molecule has 0 spiro atoms. The summed E-state index contributed by atoms with van der Waals surface area (Å²) in [4.78, 5) is 15.3. The van der Waals surface area contributed by atoms with Crippen LogP contribution in [-0.4, -0.2) is 33.2 Å². The molecule has 0 N–H and O–H groups in total. The van der Waals surface area contributed by atoms with Crippen LogP contribution < -0.4 is 0 Å². The topological polar surface area (TPSA) is 59.2 Å². The zero-order chi connectivity index (χ0) is 18.4. The minimum atomic E-state index is -4.77. The maximum atomic E-state index is 12.7. The summed E-state index contributed by atoms with van der Waals surface area (Å²) in [5.41, 5.74) is 0.593. The van der Waals surface area contributed by atoms with Crippen molar-refractivity contribution in [2.24, 2.45) is 0 Å². The van der Waals surface area contributed by atoms with Crippen molar-refractivity contribution in [2.75, 3.05) is 0 Å². The van der Waals surface area contributed by atoms with Crippen LogP contribution in [0.15, 0.2) is 28.8 Å². The number of likely N-dealkylation sites (tertiary alicyclic amines) is 1. The van der Waals surface area contributed by atoms with Crippen molar-refractivity contribution in [3.8, 4) is 11.4 Å². The Labute approximate surface area is 136 Å². The third-order valence-corrected chi connectivity index (χ3v) is 3.68. The third-order valence-electron chi connectivity index (χ3n) is 3.68. The van der Waals surface area contributed by atoms with Gasteiger partial charge >= 0.3 is 18.2 Å². The van der Waals surface area contributed by atoms with E-state index in [2.05, 4.69) is 14.7 Å². The second-order valence-electron chi connectivity index (χ2n) is 5.40. The van der Waals surface area contributed by atoms with Gasteiger partial charge in [-0.15, -0.1) is 0 Å². The van der Waals surface area contributed by atoms with Crippen LogP contribution in [-0.2, 0) is 17.5 Å². The van der Waals surface area contributed by atoms with Crippen LogP contribution in [0.5, 0.6) is 0 Å². The Morgan fingerprint density at radius 1 is 1.12 bits per heavy atom.